The molecule has 12 heteroatoms. The first kappa shape index (κ1) is 33.8. The summed E-state index contributed by atoms with van der Waals surface area (Å²) in [6.07, 6.45) is 5.41. The fraction of sp³-hybridized carbons (Fsp3) is 0.455. The van der Waals surface area contributed by atoms with Gasteiger partial charge in [0.05, 0.1) is 10.4 Å². The number of benzene rings is 2. The van der Waals surface area contributed by atoms with Crippen molar-refractivity contribution in [3.63, 3.8) is 0 Å². The van der Waals surface area contributed by atoms with Crippen LogP contribution in [0.15, 0.2) is 58.9 Å². The maximum atomic E-state index is 13.0. The van der Waals surface area contributed by atoms with Gasteiger partial charge in [0.2, 0.25) is 5.91 Å². The van der Waals surface area contributed by atoms with Gasteiger partial charge < -0.3 is 20.2 Å². The Balaban J connectivity index is 0.00000400. The van der Waals surface area contributed by atoms with Gasteiger partial charge in [0, 0.05) is 77.7 Å². The van der Waals surface area contributed by atoms with E-state index in [-0.39, 0.29) is 51.4 Å². The average Bonchev–Trinajstić information content (AvgIpc) is 3.80. The molecule has 2 aliphatic carbocycles. The third-order valence-corrected chi connectivity index (χ3v) is 11.4. The summed E-state index contributed by atoms with van der Waals surface area (Å²) < 4.78 is 0.969. The number of amides is 3. The summed E-state index contributed by atoms with van der Waals surface area (Å²) in [5.41, 5.74) is 3.31. The number of nitrogens with one attached hydrogen (secondary N) is 1. The number of rotatable bonds is 10. The second kappa shape index (κ2) is 15.4. The van der Waals surface area contributed by atoms with Gasteiger partial charge >= 0.3 is 0 Å². The third-order valence-electron chi connectivity index (χ3n) is 9.22. The molecule has 3 fully saturated rings. The monoisotopic (exact) mass is 816 g/mol. The Labute approximate surface area is 286 Å². The van der Waals surface area contributed by atoms with Crippen LogP contribution in [-0.4, -0.2) is 76.4 Å². The van der Waals surface area contributed by atoms with Gasteiger partial charge in [0.15, 0.2) is 5.13 Å². The second-order valence-electron chi connectivity index (χ2n) is 11.9. The molecular weight excluding hydrogens is 778 g/mol. The zero-order chi connectivity index (χ0) is 30.6. The van der Waals surface area contributed by atoms with Crippen LogP contribution in [-0.2, 0) is 38.2 Å². The van der Waals surface area contributed by atoms with Crippen molar-refractivity contribution in [2.45, 2.75) is 48.7 Å². The number of aliphatic hydroxyl groups excluding tert-OH is 1. The molecule has 0 radical (unpaired) electrons. The van der Waals surface area contributed by atoms with E-state index < -0.39 is 0 Å². The average molecular weight is 817 g/mol. The van der Waals surface area contributed by atoms with Crippen molar-refractivity contribution in [1.29, 1.82) is 0 Å². The summed E-state index contributed by atoms with van der Waals surface area (Å²) in [6, 6.07) is 15.5. The van der Waals surface area contributed by atoms with Crippen LogP contribution in [0.1, 0.15) is 58.0 Å². The second-order valence-corrected chi connectivity index (χ2v) is 14.2. The summed E-state index contributed by atoms with van der Waals surface area (Å²) in [7, 11) is 0. The summed E-state index contributed by atoms with van der Waals surface area (Å²) in [6.45, 7) is 4.60. The number of fused-ring (bicyclic) bond motifs is 2. The first-order valence-corrected chi connectivity index (χ1v) is 17.1. The SMILES string of the molecule is CC(=O)N1CCN(C(=O)c2cccc(CSc3cnc(NC(=O)c4ccc(C[N-]C5C6CCC(C6)[C@H]5CO)cc4)s3)c2)CC1.[W]. The van der Waals surface area contributed by atoms with Crippen LogP contribution in [0.3, 0.4) is 0 Å². The van der Waals surface area contributed by atoms with E-state index in [1.165, 1.54) is 30.6 Å². The van der Waals surface area contributed by atoms with E-state index in [2.05, 4.69) is 10.3 Å². The molecular formula is C33H38N5O4S2W-. The van der Waals surface area contributed by atoms with Crippen LogP contribution in [0.25, 0.3) is 5.32 Å². The standard InChI is InChI=1S/C33H38N5O4S2.W/c1-21(40)37-11-13-38(14-12-37)32(42)27-4-2-3-23(15-27)20-43-29-18-35-33(44-29)36-31(41)24-7-5-22(6-8-24)17-34-30-26-10-9-25(16-26)28(30)19-39;/h2-8,15,18,25-26,28,30,39H,9-14,16-17,19-20H2,1H3,(H,35,36,41);/q-1;/t25?,26?,28-,30?;/m1./s1. The Morgan fingerprint density at radius 3 is 2.47 bits per heavy atom. The molecule has 9 nitrogen and oxygen atoms in total. The van der Waals surface area contributed by atoms with Gasteiger partial charge in [-0.1, -0.05) is 53.5 Å². The van der Waals surface area contributed by atoms with Crippen LogP contribution >= 0.6 is 23.1 Å². The van der Waals surface area contributed by atoms with Crippen LogP contribution in [0.5, 0.6) is 0 Å². The van der Waals surface area contributed by atoms with Crippen LogP contribution in [0, 0.1) is 17.8 Å². The fourth-order valence-corrected chi connectivity index (χ4v) is 8.61. The van der Waals surface area contributed by atoms with Gasteiger partial charge in [-0.15, -0.1) is 24.3 Å². The molecule has 2 saturated carbocycles. The van der Waals surface area contributed by atoms with E-state index in [0.717, 1.165) is 15.3 Å². The molecule has 2 N–H and O–H groups in total. The van der Waals surface area contributed by atoms with Crippen LogP contribution in [0.4, 0.5) is 5.13 Å². The minimum absolute atomic E-state index is 0. The number of thioether (sulfide) groups is 1. The Bertz CT molecular complexity index is 1490. The fourth-order valence-electron chi connectivity index (χ4n) is 6.80. The number of aromatic nitrogens is 1. The van der Waals surface area contributed by atoms with Gasteiger partial charge in [-0.05, 0) is 54.5 Å². The molecule has 3 aliphatic rings. The van der Waals surface area contributed by atoms with E-state index in [0.29, 0.717) is 72.5 Å². The number of aliphatic hydroxyl groups is 1. The first-order valence-electron chi connectivity index (χ1n) is 15.3. The predicted molar refractivity (Wildman–Crippen MR) is 173 cm³/mol. The van der Waals surface area contributed by atoms with Crippen molar-refractivity contribution in [1.82, 2.24) is 14.8 Å². The molecule has 45 heavy (non-hydrogen) atoms. The van der Waals surface area contributed by atoms with Crippen molar-refractivity contribution in [3.05, 3.63) is 82.3 Å². The number of carbonyl (C=O) groups excluding carboxylic acids is 3. The quantitative estimate of drug-likeness (QED) is 0.270. The first-order chi connectivity index (χ1) is 21.4. The number of anilines is 1. The normalized spacial score (nSPS) is 22.3. The van der Waals surface area contributed by atoms with E-state index in [9.17, 15) is 19.5 Å². The largest absolute Gasteiger partial charge is 0.655 e. The van der Waals surface area contributed by atoms with Crippen LogP contribution in [0.2, 0.25) is 0 Å². The van der Waals surface area contributed by atoms with Crippen molar-refractivity contribution in [3.8, 4) is 0 Å². The zero-order valence-corrected chi connectivity index (χ0v) is 29.8. The molecule has 6 rings (SSSR count). The number of hydrogen-bond donors (Lipinski definition) is 2. The summed E-state index contributed by atoms with van der Waals surface area (Å²) in [5.74, 6) is 2.05. The molecule has 0 spiro atoms. The van der Waals surface area contributed by atoms with Gasteiger partial charge in [-0.3, -0.25) is 19.7 Å². The zero-order valence-electron chi connectivity index (χ0n) is 25.3. The van der Waals surface area contributed by atoms with E-state index in [4.69, 9.17) is 5.32 Å². The van der Waals surface area contributed by atoms with E-state index >= 15 is 0 Å². The Kier molecular flexibility index (Phi) is 11.5. The van der Waals surface area contributed by atoms with Crippen molar-refractivity contribution >= 4 is 46.0 Å². The molecule has 4 atom stereocenters. The van der Waals surface area contributed by atoms with Gasteiger partial charge in [0.1, 0.15) is 0 Å². The van der Waals surface area contributed by atoms with E-state index in [1.54, 1.807) is 34.7 Å². The maximum Gasteiger partial charge on any atom is 0.257 e. The molecule has 3 unspecified atom stereocenters. The molecule has 1 aliphatic heterocycles. The van der Waals surface area contributed by atoms with Crippen LogP contribution < -0.4 is 5.32 Å². The molecule has 2 heterocycles. The number of hydrogen-bond acceptors (Lipinski definition) is 7. The van der Waals surface area contributed by atoms with Crippen molar-refractivity contribution in [2.75, 3.05) is 38.1 Å². The molecule has 2 aromatic carbocycles. The summed E-state index contributed by atoms with van der Waals surface area (Å²) in [4.78, 5) is 45.5. The minimum atomic E-state index is -0.205. The molecule has 3 amide bonds. The molecule has 1 saturated heterocycles. The Hall–Kier alpha value is -2.56. The summed E-state index contributed by atoms with van der Waals surface area (Å²) in [5, 5.41) is 18.2. The minimum Gasteiger partial charge on any atom is -0.655 e. The predicted octanol–water partition coefficient (Wildman–Crippen LogP) is 5.27. The topological polar surface area (TPSA) is 117 Å². The van der Waals surface area contributed by atoms with Crippen molar-refractivity contribution < 1.29 is 40.6 Å². The van der Waals surface area contributed by atoms with Gasteiger partial charge in [0.25, 0.3) is 11.8 Å². The van der Waals surface area contributed by atoms with Gasteiger partial charge in [-0.25, -0.2) is 4.98 Å². The molecule has 2 bridgehead atoms. The van der Waals surface area contributed by atoms with Gasteiger partial charge in [-0.2, -0.15) is 0 Å². The number of carbonyl (C=O) groups is 3. The number of thiazole rings is 1. The number of piperazine rings is 1. The summed E-state index contributed by atoms with van der Waals surface area (Å²) >= 11 is 3.03. The van der Waals surface area contributed by atoms with E-state index in [1.807, 2.05) is 48.5 Å². The smallest absolute Gasteiger partial charge is 0.257 e. The third kappa shape index (κ3) is 8.06. The maximum absolute atomic E-state index is 13.0. The molecule has 3 aromatic rings. The Morgan fingerprint density at radius 2 is 1.73 bits per heavy atom. The molecule has 238 valence electrons. The van der Waals surface area contributed by atoms with Crippen molar-refractivity contribution in [2.24, 2.45) is 17.8 Å². The molecule has 1 aromatic heterocycles. The number of nitrogens with zero attached hydrogens (tertiary/aromatic N) is 4. The Morgan fingerprint density at radius 1 is 1.00 bits per heavy atom.